The van der Waals surface area contributed by atoms with Crippen LogP contribution in [0.3, 0.4) is 0 Å². The molecule has 1 saturated heterocycles. The Morgan fingerprint density at radius 2 is 2.12 bits per heavy atom. The summed E-state index contributed by atoms with van der Waals surface area (Å²) in [4.78, 5) is 19.1. The highest BCUT2D eigenvalue weighted by Gasteiger charge is 2.40. The number of rotatable bonds is 11. The summed E-state index contributed by atoms with van der Waals surface area (Å²) in [7, 11) is 1.69. The first-order valence-electron chi connectivity index (χ1n) is 14.7. The molecule has 3 aliphatic rings. The minimum atomic E-state index is -1.51. The van der Waals surface area contributed by atoms with Gasteiger partial charge in [0.2, 0.25) is 0 Å². The zero-order chi connectivity index (χ0) is 29.1. The van der Waals surface area contributed by atoms with E-state index in [9.17, 15) is 18.7 Å². The summed E-state index contributed by atoms with van der Waals surface area (Å²) in [6.45, 7) is 5.53. The van der Waals surface area contributed by atoms with Gasteiger partial charge in [0.15, 0.2) is 0 Å². The molecule has 1 aromatic carbocycles. The van der Waals surface area contributed by atoms with Gasteiger partial charge in [0.1, 0.15) is 34.8 Å². The number of ether oxygens (including phenoxy) is 3. The predicted molar refractivity (Wildman–Crippen MR) is 151 cm³/mol. The molecule has 0 radical (unpaired) electrons. The van der Waals surface area contributed by atoms with E-state index in [2.05, 4.69) is 5.32 Å². The highest BCUT2D eigenvalue weighted by Crippen LogP contribution is 2.40. The van der Waals surface area contributed by atoms with E-state index in [1.165, 1.54) is 26.0 Å². The third kappa shape index (κ3) is 6.75. The molecule has 0 amide bonds. The molecule has 41 heavy (non-hydrogen) atoms. The van der Waals surface area contributed by atoms with Crippen LogP contribution in [0.4, 0.5) is 14.6 Å². The first kappa shape index (κ1) is 29.5. The number of hydrogen-bond acceptors (Lipinski definition) is 7. The topological polar surface area (TPSA) is 93.2 Å². The molecule has 0 spiro atoms. The van der Waals surface area contributed by atoms with E-state index >= 15 is 0 Å². The predicted octanol–water partition coefficient (Wildman–Crippen LogP) is 5.13. The van der Waals surface area contributed by atoms with Gasteiger partial charge in [-0.2, -0.15) is 0 Å². The number of hydrogen-bond donors (Lipinski definition) is 2. The summed E-state index contributed by atoms with van der Waals surface area (Å²) in [5.74, 6) is 0.0514. The first-order valence-corrected chi connectivity index (χ1v) is 14.7. The van der Waals surface area contributed by atoms with Crippen LogP contribution in [0.1, 0.15) is 68.0 Å². The summed E-state index contributed by atoms with van der Waals surface area (Å²) in [6.07, 6.45) is 5.49. The van der Waals surface area contributed by atoms with Gasteiger partial charge in [0, 0.05) is 61.1 Å². The lowest BCUT2D eigenvalue weighted by molar-refractivity contribution is -0.143. The van der Waals surface area contributed by atoms with Crippen molar-refractivity contribution in [3.05, 3.63) is 46.4 Å². The van der Waals surface area contributed by atoms with Gasteiger partial charge in [-0.25, -0.2) is 13.8 Å². The molecule has 3 unspecified atom stereocenters. The number of fused-ring (bicyclic) bond motifs is 2. The van der Waals surface area contributed by atoms with Crippen molar-refractivity contribution in [2.75, 3.05) is 45.3 Å². The third-order valence-electron chi connectivity index (χ3n) is 8.57. The maximum atomic E-state index is 14.8. The molecule has 3 aliphatic heterocycles. The van der Waals surface area contributed by atoms with Crippen molar-refractivity contribution in [1.82, 2.24) is 9.88 Å². The molecule has 224 valence electrons. The molecular formula is C31H41F2N3O5. The number of aliphatic carboxylic acids is 1. The number of unbranched alkanes of at least 4 members (excludes halogenated alkanes) is 1. The molecule has 0 bridgehead atoms. The number of carboxylic acids is 1. The van der Waals surface area contributed by atoms with Crippen LogP contribution in [0, 0.1) is 11.7 Å². The lowest BCUT2D eigenvalue weighted by Gasteiger charge is -2.35. The van der Waals surface area contributed by atoms with Crippen LogP contribution in [0.25, 0.3) is 0 Å². The van der Waals surface area contributed by atoms with E-state index in [0.29, 0.717) is 49.4 Å². The van der Waals surface area contributed by atoms with Crippen molar-refractivity contribution in [2.24, 2.45) is 5.92 Å². The van der Waals surface area contributed by atoms with E-state index in [0.717, 1.165) is 61.5 Å². The van der Waals surface area contributed by atoms with Crippen LogP contribution in [0.15, 0.2) is 18.2 Å². The number of methoxy groups -OCH3 is 1. The Labute approximate surface area is 240 Å². The maximum absolute atomic E-state index is 14.8. The molecule has 8 nitrogen and oxygen atoms in total. The number of anilines is 1. The summed E-state index contributed by atoms with van der Waals surface area (Å²) in [5, 5.41) is 13.6. The van der Waals surface area contributed by atoms with Crippen molar-refractivity contribution in [1.29, 1.82) is 0 Å². The number of nitrogens with zero attached hydrogens (tertiary/aromatic N) is 2. The number of carbonyl (C=O) groups is 1. The van der Waals surface area contributed by atoms with Gasteiger partial charge in [-0.05, 0) is 70.4 Å². The Balaban J connectivity index is 1.17. The van der Waals surface area contributed by atoms with Crippen LogP contribution in [-0.4, -0.2) is 72.7 Å². The number of pyridine rings is 1. The number of aryl methyl sites for hydroxylation is 1. The molecule has 1 aromatic heterocycles. The van der Waals surface area contributed by atoms with E-state index in [1.54, 1.807) is 7.11 Å². The SMILES string of the molecule is COc1cc(CCCCOC2CCN(C(C(=O)O)c3cc(F)cc4c3CC(C(C)(C)F)CO4)C2)nc2c1CCCN2. The van der Waals surface area contributed by atoms with Crippen LogP contribution in [0.2, 0.25) is 0 Å². The first-order chi connectivity index (χ1) is 19.6. The Morgan fingerprint density at radius 1 is 1.29 bits per heavy atom. The zero-order valence-electron chi connectivity index (χ0n) is 24.2. The summed E-state index contributed by atoms with van der Waals surface area (Å²) in [6, 6.07) is 3.50. The summed E-state index contributed by atoms with van der Waals surface area (Å²) >= 11 is 0. The van der Waals surface area contributed by atoms with E-state index in [1.807, 2.05) is 11.0 Å². The van der Waals surface area contributed by atoms with Crippen molar-refractivity contribution in [3.63, 3.8) is 0 Å². The Hall–Kier alpha value is -2.98. The van der Waals surface area contributed by atoms with Gasteiger partial charge in [0.05, 0.1) is 19.8 Å². The van der Waals surface area contributed by atoms with Gasteiger partial charge >= 0.3 is 5.97 Å². The standard InChI is InChI=1S/C31H41F2N3O5/c1-31(2,33)19-13-24-25(14-20(32)15-27(24)41-18-19)28(30(37)38)36-11-9-22(17-36)40-12-5-4-7-21-16-26(39-3)23-8-6-10-34-29(23)35-21/h14-16,19,22,28H,4-13,17-18H2,1-3H3,(H,34,35)(H,37,38). The molecule has 1 fully saturated rings. The van der Waals surface area contributed by atoms with Crippen molar-refractivity contribution < 1.29 is 32.9 Å². The Kier molecular flexibility index (Phi) is 8.99. The normalized spacial score (nSPS) is 21.4. The molecule has 0 saturated carbocycles. The quantitative estimate of drug-likeness (QED) is 0.358. The number of aromatic nitrogens is 1. The second-order valence-electron chi connectivity index (χ2n) is 11.9. The van der Waals surface area contributed by atoms with Crippen LogP contribution in [0.5, 0.6) is 11.5 Å². The highest BCUT2D eigenvalue weighted by atomic mass is 19.1. The van der Waals surface area contributed by atoms with E-state index < -0.39 is 29.4 Å². The van der Waals surface area contributed by atoms with Crippen molar-refractivity contribution in [2.45, 2.75) is 76.6 Å². The largest absolute Gasteiger partial charge is 0.496 e. The van der Waals surface area contributed by atoms with Crippen molar-refractivity contribution >= 4 is 11.8 Å². The van der Waals surface area contributed by atoms with E-state index in [-0.39, 0.29) is 12.7 Å². The lowest BCUT2D eigenvalue weighted by atomic mass is 9.82. The second-order valence-corrected chi connectivity index (χ2v) is 11.9. The smallest absolute Gasteiger partial charge is 0.325 e. The lowest BCUT2D eigenvalue weighted by Crippen LogP contribution is -2.38. The number of alkyl halides is 1. The zero-order valence-corrected chi connectivity index (χ0v) is 24.2. The molecule has 10 heteroatoms. The van der Waals surface area contributed by atoms with Gasteiger partial charge in [0.25, 0.3) is 0 Å². The molecule has 4 heterocycles. The van der Waals surface area contributed by atoms with Gasteiger partial charge in [-0.3, -0.25) is 9.69 Å². The fraction of sp³-hybridized carbons (Fsp3) is 0.613. The summed E-state index contributed by atoms with van der Waals surface area (Å²) < 4.78 is 46.7. The maximum Gasteiger partial charge on any atom is 0.325 e. The van der Waals surface area contributed by atoms with E-state index in [4.69, 9.17) is 19.2 Å². The molecule has 2 aromatic rings. The van der Waals surface area contributed by atoms with Crippen molar-refractivity contribution in [3.8, 4) is 11.5 Å². The fourth-order valence-corrected chi connectivity index (χ4v) is 6.20. The molecule has 5 rings (SSSR count). The molecule has 3 atom stereocenters. The number of halogens is 2. The minimum absolute atomic E-state index is 0.110. The monoisotopic (exact) mass is 573 g/mol. The van der Waals surface area contributed by atoms with Crippen LogP contribution >= 0.6 is 0 Å². The molecular weight excluding hydrogens is 532 g/mol. The third-order valence-corrected chi connectivity index (χ3v) is 8.57. The number of likely N-dealkylation sites (tertiary alicyclic amines) is 1. The summed E-state index contributed by atoms with van der Waals surface area (Å²) in [5.41, 5.74) is 1.55. The molecule has 0 aliphatic carbocycles. The number of nitrogens with one attached hydrogen (secondary N) is 1. The Bertz CT molecular complexity index is 1230. The second kappa shape index (κ2) is 12.5. The van der Waals surface area contributed by atoms with Gasteiger partial charge in [-0.1, -0.05) is 0 Å². The number of benzene rings is 1. The minimum Gasteiger partial charge on any atom is -0.496 e. The van der Waals surface area contributed by atoms with Gasteiger partial charge in [-0.15, -0.1) is 0 Å². The fourth-order valence-electron chi connectivity index (χ4n) is 6.20. The highest BCUT2D eigenvalue weighted by molar-refractivity contribution is 5.77. The average molecular weight is 574 g/mol. The average Bonchev–Trinajstić information content (AvgIpc) is 3.39. The van der Waals surface area contributed by atoms with Crippen LogP contribution < -0.4 is 14.8 Å². The Morgan fingerprint density at radius 3 is 2.88 bits per heavy atom. The van der Waals surface area contributed by atoms with Gasteiger partial charge < -0.3 is 24.6 Å². The number of carboxylic acid groups (broad SMARTS) is 1. The molecule has 2 N–H and O–H groups in total. The van der Waals surface area contributed by atoms with Crippen LogP contribution in [-0.2, 0) is 28.8 Å².